The maximum absolute atomic E-state index is 5.21. The van der Waals surface area contributed by atoms with Gasteiger partial charge in [-0.1, -0.05) is 266 Å². The summed E-state index contributed by atoms with van der Waals surface area (Å²) in [5, 5.41) is 14.8. The number of hydrogen-bond donors (Lipinski definition) is 0. The summed E-state index contributed by atoms with van der Waals surface area (Å²) in [6, 6.07) is 153. The van der Waals surface area contributed by atoms with Gasteiger partial charge < -0.3 is 27.4 Å². The lowest BCUT2D eigenvalue weighted by atomic mass is 10.00. The van der Waals surface area contributed by atoms with Crippen LogP contribution in [0.2, 0.25) is 0 Å². The second kappa shape index (κ2) is 30.4. The zero-order valence-electron chi connectivity index (χ0n) is 71.9. The van der Waals surface area contributed by atoms with Gasteiger partial charge in [-0.3, -0.25) is 0 Å². The molecule has 130 heavy (non-hydrogen) atoms. The molecule has 0 spiro atoms. The SMILES string of the molecule is Cc1cc(-c2cc(-c3ccccc3)nc(-c3ccccc3)n2)cc(C)c1-n1c2ccc(-n3c4ccccc4c4ccccc43)cc2c2cc(-n3c4ccccc4c4ccccc43)ccc21.Cc1ccc2c(c1)c1ccccc1n2-c1ccc2c(c1)c1cc(-n3c4ccccc4c4cc(C)ccc43)ccc1n2-c1ccc(-c2cc(-c3ccccc3)nc(-c3ccccc3)n2)cc1. The molecule has 0 aliphatic carbocycles. The normalized spacial score (nSPS) is 11.8. The average molecular weight is 1660 g/mol. The van der Waals surface area contributed by atoms with Gasteiger partial charge in [0.25, 0.3) is 0 Å². The Morgan fingerprint density at radius 2 is 0.377 bits per heavy atom. The summed E-state index contributed by atoms with van der Waals surface area (Å²) < 4.78 is 14.6. The fourth-order valence-corrected chi connectivity index (χ4v) is 20.6. The second-order valence-electron chi connectivity index (χ2n) is 34.4. The molecule has 0 fully saturated rings. The standard InChI is InChI=1S/2C60H41N5/c1-38-33-42(52-37-51(40-17-5-3-6-18-40)61-60(62-52)41-19-7-4-8-20-41)34-39(2)59(38)65-57-31-29-43(63-53-25-13-9-21-45(53)46-22-10-14-26-54(46)63)35-49(57)50-36-44(30-32-58(50)65)64-55-27-15-11-23-47(55)48-24-12-16-28-56(48)64;1-38-21-29-56-48(33-38)46-17-9-11-19-54(46)64(56)44-27-31-58-50(35-44)51-36-45(65-55-20-12-10-18-47(55)49-34-39(2)22-30-57(49)65)28-32-59(51)63(58)43-25-23-41(24-26-43)53-37-52(40-13-5-3-6-14-40)61-60(62-53)42-15-7-4-8-16-42/h2*3-37H,1-2H3. The van der Waals surface area contributed by atoms with Gasteiger partial charge in [-0.05, 0) is 209 Å². The second-order valence-corrected chi connectivity index (χ2v) is 34.4. The summed E-state index contributed by atoms with van der Waals surface area (Å²) in [5.41, 5.74) is 35.5. The molecule has 18 aromatic carbocycles. The smallest absolute Gasteiger partial charge is 0.160 e. The van der Waals surface area contributed by atoms with Gasteiger partial charge >= 0.3 is 0 Å². The highest BCUT2D eigenvalue weighted by Crippen LogP contribution is 2.46. The highest BCUT2D eigenvalue weighted by Gasteiger charge is 2.26. The van der Waals surface area contributed by atoms with Crippen LogP contribution in [-0.2, 0) is 0 Å². The predicted molar refractivity (Wildman–Crippen MR) is 542 cm³/mol. The first-order valence-electron chi connectivity index (χ1n) is 44.5. The van der Waals surface area contributed by atoms with Crippen LogP contribution in [-0.4, -0.2) is 47.3 Å². The van der Waals surface area contributed by atoms with E-state index < -0.39 is 0 Å². The van der Waals surface area contributed by atoms with E-state index in [9.17, 15) is 0 Å². The van der Waals surface area contributed by atoms with Crippen molar-refractivity contribution in [2.24, 2.45) is 0 Å². The Balaban J connectivity index is 0.000000140. The molecule has 0 amide bonds. The van der Waals surface area contributed by atoms with Crippen molar-refractivity contribution in [2.75, 3.05) is 0 Å². The third kappa shape index (κ3) is 12.4. The third-order valence-electron chi connectivity index (χ3n) is 26.4. The summed E-state index contributed by atoms with van der Waals surface area (Å²) in [7, 11) is 0. The van der Waals surface area contributed by atoms with Crippen molar-refractivity contribution in [2.45, 2.75) is 27.7 Å². The molecule has 612 valence electrons. The molecule has 26 rings (SSSR count). The third-order valence-corrected chi connectivity index (χ3v) is 26.4. The van der Waals surface area contributed by atoms with Crippen molar-refractivity contribution < 1.29 is 0 Å². The minimum absolute atomic E-state index is 0.705. The summed E-state index contributed by atoms with van der Waals surface area (Å²) in [4.78, 5) is 20.4. The number of nitrogens with zero attached hydrogens (tertiary/aromatic N) is 10. The quantitative estimate of drug-likeness (QED) is 0.122. The molecule has 10 heteroatoms. The number of aryl methyl sites for hydroxylation is 4. The van der Waals surface area contributed by atoms with Gasteiger partial charge in [0.1, 0.15) is 0 Å². The fourth-order valence-electron chi connectivity index (χ4n) is 20.6. The Labute approximate surface area is 749 Å². The largest absolute Gasteiger partial charge is 0.309 e. The van der Waals surface area contributed by atoms with Crippen molar-refractivity contribution in [3.05, 3.63) is 447 Å². The van der Waals surface area contributed by atoms with E-state index >= 15 is 0 Å². The van der Waals surface area contributed by atoms with Crippen LogP contribution in [0.4, 0.5) is 0 Å². The molecule has 0 radical (unpaired) electrons. The molecule has 26 aromatic rings. The van der Waals surface area contributed by atoms with Crippen LogP contribution in [0.25, 0.3) is 233 Å². The van der Waals surface area contributed by atoms with Crippen LogP contribution in [0.15, 0.2) is 425 Å². The van der Waals surface area contributed by atoms with Gasteiger partial charge in [-0.2, -0.15) is 0 Å². The topological polar surface area (TPSA) is 81.1 Å². The number of fused-ring (bicyclic) bond motifs is 18. The van der Waals surface area contributed by atoms with Crippen molar-refractivity contribution in [3.63, 3.8) is 0 Å². The zero-order valence-corrected chi connectivity index (χ0v) is 71.9. The molecule has 0 aliphatic rings. The van der Waals surface area contributed by atoms with Gasteiger partial charge in [-0.25, -0.2) is 19.9 Å². The Hall–Kier alpha value is -17.1. The van der Waals surface area contributed by atoms with Crippen molar-refractivity contribution >= 4 is 131 Å². The van der Waals surface area contributed by atoms with Crippen LogP contribution in [0.5, 0.6) is 0 Å². The van der Waals surface area contributed by atoms with E-state index in [-0.39, 0.29) is 0 Å². The average Bonchev–Trinajstić information content (AvgIpc) is 1.57. The minimum atomic E-state index is 0.705. The first kappa shape index (κ1) is 75.4. The highest BCUT2D eigenvalue weighted by atomic mass is 15.0. The predicted octanol–water partition coefficient (Wildman–Crippen LogP) is 30.8. The van der Waals surface area contributed by atoms with Crippen LogP contribution >= 0.6 is 0 Å². The van der Waals surface area contributed by atoms with Crippen molar-refractivity contribution in [1.29, 1.82) is 0 Å². The van der Waals surface area contributed by atoms with E-state index in [0.29, 0.717) is 11.6 Å². The van der Waals surface area contributed by atoms with Gasteiger partial charge in [-0.15, -0.1) is 0 Å². The molecule has 8 aromatic heterocycles. The molecule has 8 heterocycles. The summed E-state index contributed by atoms with van der Waals surface area (Å²) in [6.45, 7) is 8.82. The molecule has 0 atom stereocenters. The van der Waals surface area contributed by atoms with Gasteiger partial charge in [0, 0.05) is 126 Å². The van der Waals surface area contributed by atoms with Crippen LogP contribution < -0.4 is 0 Å². The maximum atomic E-state index is 5.21. The lowest BCUT2D eigenvalue weighted by Gasteiger charge is -2.17. The molecular formula is C120H82N10. The van der Waals surface area contributed by atoms with Crippen molar-refractivity contribution in [1.82, 2.24) is 47.3 Å². The maximum Gasteiger partial charge on any atom is 0.160 e. The number of hydrogen-bond acceptors (Lipinski definition) is 4. The molecule has 0 saturated heterocycles. The zero-order chi connectivity index (χ0) is 86.3. The molecule has 0 aliphatic heterocycles. The van der Waals surface area contributed by atoms with E-state index in [2.05, 4.69) is 431 Å². The Morgan fingerprint density at radius 1 is 0.154 bits per heavy atom. The first-order valence-corrected chi connectivity index (χ1v) is 44.5. The summed E-state index contributed by atoms with van der Waals surface area (Å²) >= 11 is 0. The molecule has 0 unspecified atom stereocenters. The lowest BCUT2D eigenvalue weighted by Crippen LogP contribution is -2.02. The van der Waals surface area contributed by atoms with E-state index in [1.165, 1.54) is 126 Å². The lowest BCUT2D eigenvalue weighted by molar-refractivity contribution is 1.11. The van der Waals surface area contributed by atoms with Crippen LogP contribution in [0.1, 0.15) is 22.3 Å². The first-order chi connectivity index (χ1) is 64.1. The number of aromatic nitrogens is 10. The van der Waals surface area contributed by atoms with Gasteiger partial charge in [0.05, 0.1) is 94.7 Å². The van der Waals surface area contributed by atoms with E-state index in [1.54, 1.807) is 0 Å². The summed E-state index contributed by atoms with van der Waals surface area (Å²) in [6.07, 6.45) is 0. The van der Waals surface area contributed by atoms with E-state index in [0.717, 1.165) is 118 Å². The van der Waals surface area contributed by atoms with Crippen LogP contribution in [0, 0.1) is 27.7 Å². The summed E-state index contributed by atoms with van der Waals surface area (Å²) in [5.74, 6) is 1.42. The van der Waals surface area contributed by atoms with Crippen molar-refractivity contribution in [3.8, 4) is 102 Å². The number of para-hydroxylation sites is 6. The highest BCUT2D eigenvalue weighted by molar-refractivity contribution is 6.17. The van der Waals surface area contributed by atoms with E-state index in [1.807, 2.05) is 48.5 Å². The van der Waals surface area contributed by atoms with Crippen LogP contribution in [0.3, 0.4) is 0 Å². The molecular weight excluding hydrogens is 1580 g/mol. The molecule has 10 nitrogen and oxygen atoms in total. The van der Waals surface area contributed by atoms with E-state index in [4.69, 9.17) is 19.9 Å². The van der Waals surface area contributed by atoms with Gasteiger partial charge in [0.15, 0.2) is 11.6 Å². The Kier molecular flexibility index (Phi) is 17.6. The fraction of sp³-hybridized carbons (Fsp3) is 0.0333. The molecule has 0 saturated carbocycles. The number of rotatable bonds is 12. The Morgan fingerprint density at radius 3 is 0.692 bits per heavy atom. The molecule has 0 bridgehead atoms. The Bertz CT molecular complexity index is 8480. The monoisotopic (exact) mass is 1660 g/mol. The molecule has 0 N–H and O–H groups in total. The minimum Gasteiger partial charge on any atom is -0.309 e. The van der Waals surface area contributed by atoms with Gasteiger partial charge in [0.2, 0.25) is 0 Å². The number of benzene rings is 18.